The van der Waals surface area contributed by atoms with Crippen LogP contribution in [0.2, 0.25) is 0 Å². The summed E-state index contributed by atoms with van der Waals surface area (Å²) in [5, 5.41) is 0. The predicted octanol–water partition coefficient (Wildman–Crippen LogP) is 5.04. The molecule has 1 atom stereocenters. The van der Waals surface area contributed by atoms with Crippen molar-refractivity contribution in [2.24, 2.45) is 0 Å². The van der Waals surface area contributed by atoms with E-state index >= 15 is 0 Å². The fraction of sp³-hybridized carbons (Fsp3) is 0.409. The number of ether oxygens (including phenoxy) is 1. The van der Waals surface area contributed by atoms with Crippen LogP contribution < -0.4 is 4.90 Å². The van der Waals surface area contributed by atoms with E-state index < -0.39 is 5.60 Å². The molecule has 144 valence electrons. The number of rotatable bonds is 3. The van der Waals surface area contributed by atoms with Crippen molar-refractivity contribution in [1.29, 1.82) is 0 Å². The number of halogens is 2. The summed E-state index contributed by atoms with van der Waals surface area (Å²) in [5.41, 5.74) is 2.07. The molecule has 1 unspecified atom stereocenters. The van der Waals surface area contributed by atoms with Crippen LogP contribution in [0.5, 0.6) is 0 Å². The van der Waals surface area contributed by atoms with Gasteiger partial charge < -0.3 is 9.64 Å². The zero-order valence-corrected chi connectivity index (χ0v) is 16.0. The summed E-state index contributed by atoms with van der Waals surface area (Å²) in [5.74, 6) is -0.927. The molecule has 0 saturated carbocycles. The molecule has 0 amide bonds. The van der Waals surface area contributed by atoms with E-state index in [2.05, 4.69) is 0 Å². The van der Waals surface area contributed by atoms with E-state index in [9.17, 15) is 13.6 Å². The molecule has 0 bridgehead atoms. The standard InChI is InChI=1S/C22H25F2NO2/c1-22(2,3)27-21(26)14-25-12-4-5-18(15-6-8-16(23)9-7-15)19-11-10-17(24)13-20(19)25/h6-11,13,18H,4-5,12,14H2,1-3H3. The number of fused-ring (bicyclic) bond motifs is 1. The number of esters is 1. The van der Waals surface area contributed by atoms with Crippen LogP contribution in [-0.2, 0) is 9.53 Å². The topological polar surface area (TPSA) is 29.5 Å². The molecule has 0 N–H and O–H groups in total. The molecule has 0 spiro atoms. The van der Waals surface area contributed by atoms with Crippen molar-refractivity contribution < 1.29 is 18.3 Å². The third-order valence-electron chi connectivity index (χ3n) is 4.64. The maximum atomic E-state index is 14.0. The molecule has 0 aromatic heterocycles. The van der Waals surface area contributed by atoms with Crippen LogP contribution in [-0.4, -0.2) is 24.7 Å². The average molecular weight is 373 g/mol. The fourth-order valence-electron chi connectivity index (χ4n) is 3.58. The second-order valence-corrected chi connectivity index (χ2v) is 7.96. The minimum absolute atomic E-state index is 0.0323. The molecule has 0 radical (unpaired) electrons. The van der Waals surface area contributed by atoms with Gasteiger partial charge in [-0.2, -0.15) is 0 Å². The highest BCUT2D eigenvalue weighted by atomic mass is 19.1. The van der Waals surface area contributed by atoms with Gasteiger partial charge in [0.15, 0.2) is 0 Å². The highest BCUT2D eigenvalue weighted by Gasteiger charge is 2.27. The Labute approximate surface area is 158 Å². The lowest BCUT2D eigenvalue weighted by Crippen LogP contribution is -2.35. The van der Waals surface area contributed by atoms with Crippen LogP contribution in [0.1, 0.15) is 50.7 Å². The summed E-state index contributed by atoms with van der Waals surface area (Å²) in [4.78, 5) is 14.2. The first kappa shape index (κ1) is 19.3. The second-order valence-electron chi connectivity index (χ2n) is 7.96. The van der Waals surface area contributed by atoms with Gasteiger partial charge in [-0.15, -0.1) is 0 Å². The first-order chi connectivity index (χ1) is 12.7. The first-order valence-electron chi connectivity index (χ1n) is 9.24. The Bertz CT molecular complexity index is 812. The largest absolute Gasteiger partial charge is 0.459 e. The molecule has 27 heavy (non-hydrogen) atoms. The SMILES string of the molecule is CC(C)(C)OC(=O)CN1CCCC(c2ccc(F)cc2)c2ccc(F)cc21. The predicted molar refractivity (Wildman–Crippen MR) is 102 cm³/mol. The van der Waals surface area contributed by atoms with Crippen LogP contribution in [0.3, 0.4) is 0 Å². The monoisotopic (exact) mass is 373 g/mol. The molecular formula is C22H25F2NO2. The molecule has 3 rings (SSSR count). The van der Waals surface area contributed by atoms with Crippen molar-refractivity contribution in [3.63, 3.8) is 0 Å². The maximum absolute atomic E-state index is 14.0. The molecular weight excluding hydrogens is 348 g/mol. The van der Waals surface area contributed by atoms with Gasteiger partial charge in [0.25, 0.3) is 0 Å². The van der Waals surface area contributed by atoms with Gasteiger partial charge in [0.05, 0.1) is 0 Å². The number of carbonyl (C=O) groups is 1. The number of benzene rings is 2. The molecule has 2 aromatic rings. The Morgan fingerprint density at radius 3 is 2.44 bits per heavy atom. The quantitative estimate of drug-likeness (QED) is 0.706. The number of hydrogen-bond acceptors (Lipinski definition) is 3. The third kappa shape index (κ3) is 4.85. The van der Waals surface area contributed by atoms with E-state index in [1.54, 1.807) is 18.2 Å². The highest BCUT2D eigenvalue weighted by Crippen LogP contribution is 2.39. The molecule has 5 heteroatoms. The van der Waals surface area contributed by atoms with Crippen LogP contribution in [0.15, 0.2) is 42.5 Å². The third-order valence-corrected chi connectivity index (χ3v) is 4.64. The van der Waals surface area contributed by atoms with E-state index in [4.69, 9.17) is 4.74 Å². The van der Waals surface area contributed by atoms with Crippen molar-refractivity contribution in [3.05, 3.63) is 65.2 Å². The van der Waals surface area contributed by atoms with E-state index in [1.807, 2.05) is 25.7 Å². The average Bonchev–Trinajstić information content (AvgIpc) is 2.74. The summed E-state index contributed by atoms with van der Waals surface area (Å²) in [7, 11) is 0. The van der Waals surface area contributed by atoms with Crippen molar-refractivity contribution in [3.8, 4) is 0 Å². The van der Waals surface area contributed by atoms with Gasteiger partial charge in [-0.1, -0.05) is 18.2 Å². The molecule has 1 heterocycles. The Morgan fingerprint density at radius 1 is 1.11 bits per heavy atom. The second kappa shape index (κ2) is 7.67. The van der Waals surface area contributed by atoms with Gasteiger partial charge >= 0.3 is 5.97 Å². The Hall–Kier alpha value is -2.43. The van der Waals surface area contributed by atoms with Crippen molar-refractivity contribution in [1.82, 2.24) is 0 Å². The molecule has 0 saturated heterocycles. The normalized spacial score (nSPS) is 17.2. The van der Waals surface area contributed by atoms with Crippen molar-refractivity contribution >= 4 is 11.7 Å². The Balaban J connectivity index is 1.93. The zero-order chi connectivity index (χ0) is 19.6. The number of anilines is 1. The van der Waals surface area contributed by atoms with Crippen molar-refractivity contribution in [2.45, 2.75) is 45.1 Å². The summed E-state index contributed by atoms with van der Waals surface area (Å²) >= 11 is 0. The van der Waals surface area contributed by atoms with Crippen molar-refractivity contribution in [2.75, 3.05) is 18.0 Å². The molecule has 0 fully saturated rings. The minimum Gasteiger partial charge on any atom is -0.459 e. The molecule has 2 aromatic carbocycles. The van der Waals surface area contributed by atoms with E-state index in [0.717, 1.165) is 24.0 Å². The van der Waals surface area contributed by atoms with Gasteiger partial charge in [0.2, 0.25) is 0 Å². The molecule has 1 aliphatic heterocycles. The van der Waals surface area contributed by atoms with E-state index in [-0.39, 0.29) is 30.1 Å². The lowest BCUT2D eigenvalue weighted by Gasteiger charge is -2.27. The Morgan fingerprint density at radius 2 is 1.78 bits per heavy atom. The lowest BCUT2D eigenvalue weighted by molar-refractivity contribution is -0.153. The Kier molecular flexibility index (Phi) is 5.49. The number of carbonyl (C=O) groups excluding carboxylic acids is 1. The highest BCUT2D eigenvalue weighted by molar-refractivity contribution is 5.77. The summed E-state index contributed by atoms with van der Waals surface area (Å²) in [6.45, 7) is 6.18. The van der Waals surface area contributed by atoms with Crippen LogP contribution >= 0.6 is 0 Å². The number of hydrogen-bond donors (Lipinski definition) is 0. The summed E-state index contributed by atoms with van der Waals surface area (Å²) < 4.78 is 32.7. The maximum Gasteiger partial charge on any atom is 0.326 e. The van der Waals surface area contributed by atoms with Crippen LogP contribution in [0, 0.1) is 11.6 Å². The summed E-state index contributed by atoms with van der Waals surface area (Å²) in [6.07, 6.45) is 1.68. The smallest absolute Gasteiger partial charge is 0.326 e. The fourth-order valence-corrected chi connectivity index (χ4v) is 3.58. The van der Waals surface area contributed by atoms with Crippen LogP contribution in [0.25, 0.3) is 0 Å². The van der Waals surface area contributed by atoms with Gasteiger partial charge in [0.1, 0.15) is 23.8 Å². The minimum atomic E-state index is -0.565. The zero-order valence-electron chi connectivity index (χ0n) is 16.0. The summed E-state index contributed by atoms with van der Waals surface area (Å²) in [6, 6.07) is 11.1. The molecule has 1 aliphatic rings. The molecule has 3 nitrogen and oxygen atoms in total. The lowest BCUT2D eigenvalue weighted by atomic mass is 9.87. The van der Waals surface area contributed by atoms with Gasteiger partial charge in [-0.3, -0.25) is 4.79 Å². The van der Waals surface area contributed by atoms with Gasteiger partial charge in [-0.25, -0.2) is 8.78 Å². The van der Waals surface area contributed by atoms with E-state index in [1.165, 1.54) is 24.3 Å². The van der Waals surface area contributed by atoms with Gasteiger partial charge in [0, 0.05) is 18.2 Å². The molecule has 0 aliphatic carbocycles. The van der Waals surface area contributed by atoms with Gasteiger partial charge in [-0.05, 0) is 69.0 Å². The number of nitrogens with zero attached hydrogens (tertiary/aromatic N) is 1. The van der Waals surface area contributed by atoms with E-state index in [0.29, 0.717) is 12.2 Å². The first-order valence-corrected chi connectivity index (χ1v) is 9.24. The van der Waals surface area contributed by atoms with Crippen LogP contribution in [0.4, 0.5) is 14.5 Å².